The minimum absolute atomic E-state index is 0.0408. The summed E-state index contributed by atoms with van der Waals surface area (Å²) in [5.74, 6) is 0. The molecule has 0 rings (SSSR count). The molecule has 0 unspecified atom stereocenters. The van der Waals surface area contributed by atoms with E-state index >= 15 is 0 Å². The lowest BCUT2D eigenvalue weighted by molar-refractivity contribution is -0.110. The second kappa shape index (κ2) is 2.67. The van der Waals surface area contributed by atoms with E-state index in [1.807, 2.05) is 20.8 Å². The van der Waals surface area contributed by atoms with Gasteiger partial charge in [0.05, 0.1) is 0 Å². The Balaban J connectivity index is 3.24. The Morgan fingerprint density at radius 1 is 1.38 bits per heavy atom. The molecular formula is C5H12N2O. The number of carbonyl (C=O) groups excluding carboxylic acids is 1. The van der Waals surface area contributed by atoms with E-state index < -0.39 is 0 Å². The van der Waals surface area contributed by atoms with Gasteiger partial charge in [-0.05, 0) is 20.8 Å². The van der Waals surface area contributed by atoms with Crippen molar-refractivity contribution >= 4 is 6.41 Å². The Morgan fingerprint density at radius 2 is 1.88 bits per heavy atom. The van der Waals surface area contributed by atoms with Crippen LogP contribution in [0.3, 0.4) is 0 Å². The Morgan fingerprint density at radius 3 is 2.00 bits per heavy atom. The van der Waals surface area contributed by atoms with E-state index in [0.717, 1.165) is 0 Å². The molecule has 3 heteroatoms. The Kier molecular flexibility index (Phi) is 2.48. The molecule has 0 bridgehead atoms. The SMILES string of the molecule is CC(C)(C)NNC=O. The second-order valence-electron chi connectivity index (χ2n) is 2.64. The monoisotopic (exact) mass is 116 g/mol. The van der Waals surface area contributed by atoms with Crippen LogP contribution in [0.25, 0.3) is 0 Å². The maximum Gasteiger partial charge on any atom is 0.221 e. The van der Waals surface area contributed by atoms with Crippen molar-refractivity contribution in [3.8, 4) is 0 Å². The van der Waals surface area contributed by atoms with Crippen molar-refractivity contribution < 1.29 is 4.79 Å². The molecule has 0 fully saturated rings. The molecule has 0 aromatic carbocycles. The Bertz CT molecular complexity index is 75.0. The van der Waals surface area contributed by atoms with Crippen LogP contribution in [-0.4, -0.2) is 11.9 Å². The number of hydrogen-bond acceptors (Lipinski definition) is 2. The van der Waals surface area contributed by atoms with Crippen LogP contribution in [0.1, 0.15) is 20.8 Å². The van der Waals surface area contributed by atoms with Crippen molar-refractivity contribution in [3.63, 3.8) is 0 Å². The molecule has 3 nitrogen and oxygen atoms in total. The molecule has 0 saturated heterocycles. The lowest BCUT2D eigenvalue weighted by Crippen LogP contribution is -2.45. The van der Waals surface area contributed by atoms with Crippen LogP contribution >= 0.6 is 0 Å². The molecule has 48 valence electrons. The van der Waals surface area contributed by atoms with Gasteiger partial charge in [-0.2, -0.15) is 0 Å². The molecule has 1 amide bonds. The van der Waals surface area contributed by atoms with E-state index in [4.69, 9.17) is 0 Å². The van der Waals surface area contributed by atoms with Crippen molar-refractivity contribution in [2.24, 2.45) is 0 Å². The summed E-state index contributed by atoms with van der Waals surface area (Å²) in [5, 5.41) is 0. The molecule has 0 heterocycles. The molecule has 0 aliphatic heterocycles. The summed E-state index contributed by atoms with van der Waals surface area (Å²) < 4.78 is 0. The minimum Gasteiger partial charge on any atom is -0.294 e. The quantitative estimate of drug-likeness (QED) is 0.395. The fourth-order valence-corrected chi connectivity index (χ4v) is 0.246. The lowest BCUT2D eigenvalue weighted by Gasteiger charge is -2.18. The fourth-order valence-electron chi connectivity index (χ4n) is 0.246. The lowest BCUT2D eigenvalue weighted by atomic mass is 10.1. The predicted octanol–water partition coefficient (Wildman–Crippen LogP) is 0.0355. The van der Waals surface area contributed by atoms with Crippen LogP contribution in [0.4, 0.5) is 0 Å². The highest BCUT2D eigenvalue weighted by molar-refractivity contribution is 5.44. The minimum atomic E-state index is -0.0408. The smallest absolute Gasteiger partial charge is 0.221 e. The molecule has 0 radical (unpaired) electrons. The first kappa shape index (κ1) is 7.43. The number of hydrazine groups is 1. The van der Waals surface area contributed by atoms with E-state index in [0.29, 0.717) is 6.41 Å². The normalized spacial score (nSPS) is 10.9. The number of amides is 1. The largest absolute Gasteiger partial charge is 0.294 e. The predicted molar refractivity (Wildman–Crippen MR) is 32.1 cm³/mol. The highest BCUT2D eigenvalue weighted by Gasteiger charge is 2.05. The van der Waals surface area contributed by atoms with Crippen LogP contribution in [0.5, 0.6) is 0 Å². The molecule has 0 aliphatic carbocycles. The van der Waals surface area contributed by atoms with Crippen LogP contribution in [0.2, 0.25) is 0 Å². The first-order chi connectivity index (χ1) is 3.56. The Hall–Kier alpha value is -0.570. The van der Waals surface area contributed by atoms with Crippen molar-refractivity contribution in [2.45, 2.75) is 26.3 Å². The topological polar surface area (TPSA) is 41.1 Å². The molecule has 0 spiro atoms. The second-order valence-corrected chi connectivity index (χ2v) is 2.64. The summed E-state index contributed by atoms with van der Waals surface area (Å²) in [4.78, 5) is 9.68. The number of hydrogen-bond donors (Lipinski definition) is 2. The first-order valence-corrected chi connectivity index (χ1v) is 2.52. The zero-order valence-corrected chi connectivity index (χ0v) is 5.49. The van der Waals surface area contributed by atoms with Gasteiger partial charge in [0.15, 0.2) is 0 Å². The van der Waals surface area contributed by atoms with Gasteiger partial charge in [0, 0.05) is 5.54 Å². The molecule has 0 aromatic heterocycles. The van der Waals surface area contributed by atoms with Crippen molar-refractivity contribution in [1.82, 2.24) is 10.9 Å². The zero-order chi connectivity index (χ0) is 6.62. The van der Waals surface area contributed by atoms with Crippen molar-refractivity contribution in [1.29, 1.82) is 0 Å². The standard InChI is InChI=1S/C5H12N2O/c1-5(2,3)7-6-4-8/h4,7H,1-3H3,(H,6,8). The molecule has 2 N–H and O–H groups in total. The molecule has 0 aromatic rings. The highest BCUT2D eigenvalue weighted by atomic mass is 16.1. The van der Waals surface area contributed by atoms with E-state index in [9.17, 15) is 4.79 Å². The van der Waals surface area contributed by atoms with Gasteiger partial charge in [-0.3, -0.25) is 10.2 Å². The summed E-state index contributed by atoms with van der Waals surface area (Å²) >= 11 is 0. The van der Waals surface area contributed by atoms with E-state index in [1.54, 1.807) is 0 Å². The van der Waals surface area contributed by atoms with Gasteiger partial charge in [-0.1, -0.05) is 0 Å². The number of rotatable bonds is 2. The molecule has 8 heavy (non-hydrogen) atoms. The van der Waals surface area contributed by atoms with Crippen LogP contribution in [0.15, 0.2) is 0 Å². The van der Waals surface area contributed by atoms with E-state index in [2.05, 4.69) is 10.9 Å². The van der Waals surface area contributed by atoms with Gasteiger partial charge in [0.1, 0.15) is 0 Å². The third-order valence-corrected chi connectivity index (χ3v) is 0.506. The van der Waals surface area contributed by atoms with Crippen LogP contribution in [-0.2, 0) is 4.79 Å². The van der Waals surface area contributed by atoms with Gasteiger partial charge >= 0.3 is 0 Å². The summed E-state index contributed by atoms with van der Waals surface area (Å²) in [6.07, 6.45) is 0.616. The van der Waals surface area contributed by atoms with Crippen LogP contribution < -0.4 is 10.9 Å². The molecule has 0 saturated carbocycles. The highest BCUT2D eigenvalue weighted by Crippen LogP contribution is 1.93. The maximum absolute atomic E-state index is 9.68. The number of nitrogens with one attached hydrogen (secondary N) is 2. The number of carbonyl (C=O) groups is 1. The van der Waals surface area contributed by atoms with Gasteiger partial charge in [0.2, 0.25) is 6.41 Å². The maximum atomic E-state index is 9.68. The van der Waals surface area contributed by atoms with Crippen molar-refractivity contribution in [3.05, 3.63) is 0 Å². The van der Waals surface area contributed by atoms with E-state index in [-0.39, 0.29) is 5.54 Å². The summed E-state index contributed by atoms with van der Waals surface area (Å²) in [6, 6.07) is 0. The van der Waals surface area contributed by atoms with Crippen molar-refractivity contribution in [2.75, 3.05) is 0 Å². The average Bonchev–Trinajstić information content (AvgIpc) is 1.59. The fraction of sp³-hybridized carbons (Fsp3) is 0.800. The van der Waals surface area contributed by atoms with Gasteiger partial charge < -0.3 is 0 Å². The molecule has 0 atom stereocenters. The molecule has 0 aliphatic rings. The van der Waals surface area contributed by atoms with Gasteiger partial charge in [-0.25, -0.2) is 5.43 Å². The van der Waals surface area contributed by atoms with Gasteiger partial charge in [0.25, 0.3) is 0 Å². The van der Waals surface area contributed by atoms with E-state index in [1.165, 1.54) is 0 Å². The van der Waals surface area contributed by atoms with Gasteiger partial charge in [-0.15, -0.1) is 0 Å². The first-order valence-electron chi connectivity index (χ1n) is 2.52. The third kappa shape index (κ3) is 5.43. The summed E-state index contributed by atoms with van der Waals surface area (Å²) in [6.45, 7) is 5.89. The molecular weight excluding hydrogens is 104 g/mol. The van der Waals surface area contributed by atoms with Crippen LogP contribution in [0, 0.1) is 0 Å². The average molecular weight is 116 g/mol. The Labute approximate surface area is 49.4 Å². The third-order valence-electron chi connectivity index (χ3n) is 0.506. The summed E-state index contributed by atoms with van der Waals surface area (Å²) in [5.41, 5.74) is 5.07. The summed E-state index contributed by atoms with van der Waals surface area (Å²) in [7, 11) is 0. The zero-order valence-electron chi connectivity index (χ0n) is 5.49.